The van der Waals surface area contributed by atoms with Crippen molar-refractivity contribution in [1.29, 1.82) is 0 Å². The number of thioether (sulfide) groups is 1. The van der Waals surface area contributed by atoms with Crippen LogP contribution in [0.15, 0.2) is 29.2 Å². The molecule has 5 heteroatoms. The molecule has 2 atom stereocenters. The predicted molar refractivity (Wildman–Crippen MR) is 96.8 cm³/mol. The third-order valence-electron chi connectivity index (χ3n) is 5.13. The van der Waals surface area contributed by atoms with E-state index in [4.69, 9.17) is 17.3 Å². The molecule has 1 aromatic carbocycles. The van der Waals surface area contributed by atoms with E-state index in [0.717, 1.165) is 28.5 Å². The van der Waals surface area contributed by atoms with Gasteiger partial charge in [-0.15, -0.1) is 11.8 Å². The fourth-order valence-corrected chi connectivity index (χ4v) is 5.29. The van der Waals surface area contributed by atoms with Crippen LogP contribution >= 0.6 is 23.4 Å². The van der Waals surface area contributed by atoms with Crippen LogP contribution in [0.1, 0.15) is 38.5 Å². The summed E-state index contributed by atoms with van der Waals surface area (Å²) >= 11 is 7.79. The molecule has 3 rings (SSSR count). The van der Waals surface area contributed by atoms with Crippen LogP contribution in [-0.2, 0) is 4.79 Å². The van der Waals surface area contributed by atoms with Crippen molar-refractivity contribution < 1.29 is 4.79 Å². The third kappa shape index (κ3) is 4.43. The van der Waals surface area contributed by atoms with Gasteiger partial charge >= 0.3 is 0 Å². The zero-order valence-electron chi connectivity index (χ0n) is 13.3. The van der Waals surface area contributed by atoms with Gasteiger partial charge in [0.25, 0.3) is 0 Å². The molecule has 2 unspecified atom stereocenters. The van der Waals surface area contributed by atoms with Crippen LogP contribution < -0.4 is 11.1 Å². The van der Waals surface area contributed by atoms with Crippen molar-refractivity contribution in [2.75, 3.05) is 5.75 Å². The Hall–Kier alpha value is -0.710. The van der Waals surface area contributed by atoms with Crippen LogP contribution in [0, 0.1) is 11.8 Å². The largest absolute Gasteiger partial charge is 0.353 e. The van der Waals surface area contributed by atoms with Gasteiger partial charge in [0.2, 0.25) is 5.91 Å². The maximum absolute atomic E-state index is 12.3. The Labute approximate surface area is 147 Å². The molecule has 0 aliphatic heterocycles. The first-order chi connectivity index (χ1) is 11.1. The highest BCUT2D eigenvalue weighted by atomic mass is 35.5. The number of carbonyl (C=O) groups is 1. The molecule has 0 saturated heterocycles. The lowest BCUT2D eigenvalue weighted by Gasteiger charge is -2.45. The summed E-state index contributed by atoms with van der Waals surface area (Å²) in [5.41, 5.74) is 6.15. The van der Waals surface area contributed by atoms with Gasteiger partial charge in [-0.1, -0.05) is 30.2 Å². The summed E-state index contributed by atoms with van der Waals surface area (Å²) < 4.78 is 0. The van der Waals surface area contributed by atoms with Crippen LogP contribution in [0.3, 0.4) is 0 Å². The summed E-state index contributed by atoms with van der Waals surface area (Å²) in [6.07, 6.45) is 6.38. The molecule has 2 fully saturated rings. The molecule has 2 aliphatic rings. The molecular formula is C18H25ClN2OS. The minimum atomic E-state index is 0.168. The second-order valence-electron chi connectivity index (χ2n) is 6.80. The number of carbonyl (C=O) groups excluding carboxylic acids is 1. The average molecular weight is 353 g/mol. The first-order valence-corrected chi connectivity index (χ1v) is 9.92. The monoisotopic (exact) mass is 352 g/mol. The topological polar surface area (TPSA) is 55.1 Å². The normalized spacial score (nSPS) is 30.0. The third-order valence-corrected chi connectivity index (χ3v) is 6.64. The van der Waals surface area contributed by atoms with Gasteiger partial charge < -0.3 is 11.1 Å². The quantitative estimate of drug-likeness (QED) is 0.791. The number of nitrogens with two attached hydrogens (primary N) is 1. The molecule has 1 aromatic rings. The Kier molecular flexibility index (Phi) is 5.89. The average Bonchev–Trinajstić information content (AvgIpc) is 2.50. The van der Waals surface area contributed by atoms with Gasteiger partial charge in [0.1, 0.15) is 0 Å². The van der Waals surface area contributed by atoms with Crippen molar-refractivity contribution in [3.05, 3.63) is 29.3 Å². The van der Waals surface area contributed by atoms with E-state index >= 15 is 0 Å². The number of benzene rings is 1. The van der Waals surface area contributed by atoms with Crippen molar-refractivity contribution >= 4 is 29.3 Å². The molecule has 23 heavy (non-hydrogen) atoms. The number of fused-ring (bicyclic) bond motifs is 2. The maximum Gasteiger partial charge on any atom is 0.221 e. The van der Waals surface area contributed by atoms with Crippen molar-refractivity contribution in [2.24, 2.45) is 17.6 Å². The number of nitrogens with one attached hydrogen (secondary N) is 1. The molecule has 2 bridgehead atoms. The van der Waals surface area contributed by atoms with Crippen LogP contribution in [-0.4, -0.2) is 23.7 Å². The predicted octanol–water partition coefficient (Wildman–Crippen LogP) is 3.84. The molecule has 3 N–H and O–H groups in total. The fourth-order valence-electron chi connectivity index (χ4n) is 4.10. The van der Waals surface area contributed by atoms with E-state index in [-0.39, 0.29) is 5.91 Å². The Bertz CT molecular complexity index is 540. The van der Waals surface area contributed by atoms with Crippen LogP contribution in [0.2, 0.25) is 5.02 Å². The molecule has 2 saturated carbocycles. The molecular weight excluding hydrogens is 328 g/mol. The number of rotatable bonds is 5. The SMILES string of the molecule is NC1CC2CCCC(C1)C2NC(=O)CCSc1ccccc1Cl. The van der Waals surface area contributed by atoms with E-state index in [9.17, 15) is 4.79 Å². The van der Waals surface area contributed by atoms with Gasteiger partial charge in [-0.05, 0) is 49.7 Å². The van der Waals surface area contributed by atoms with Gasteiger partial charge in [-0.25, -0.2) is 0 Å². The summed E-state index contributed by atoms with van der Waals surface area (Å²) in [5, 5.41) is 4.06. The number of hydrogen-bond acceptors (Lipinski definition) is 3. The Morgan fingerprint density at radius 3 is 2.65 bits per heavy atom. The minimum absolute atomic E-state index is 0.168. The molecule has 0 aromatic heterocycles. The zero-order chi connectivity index (χ0) is 16.2. The highest BCUT2D eigenvalue weighted by Crippen LogP contribution is 2.39. The second-order valence-corrected chi connectivity index (χ2v) is 8.35. The molecule has 1 amide bonds. The molecule has 2 aliphatic carbocycles. The van der Waals surface area contributed by atoms with Gasteiger partial charge in [-0.2, -0.15) is 0 Å². The Morgan fingerprint density at radius 2 is 1.96 bits per heavy atom. The van der Waals surface area contributed by atoms with E-state index in [0.29, 0.717) is 30.3 Å². The Balaban J connectivity index is 1.47. The summed E-state index contributed by atoms with van der Waals surface area (Å²) in [5.74, 6) is 2.09. The van der Waals surface area contributed by atoms with Gasteiger partial charge in [-0.3, -0.25) is 4.79 Å². The molecule has 0 radical (unpaired) electrons. The van der Waals surface area contributed by atoms with E-state index < -0.39 is 0 Å². The van der Waals surface area contributed by atoms with Gasteiger partial charge in [0.15, 0.2) is 0 Å². The van der Waals surface area contributed by atoms with Crippen molar-refractivity contribution in [3.63, 3.8) is 0 Å². The standard InChI is InChI=1S/C18H25ClN2OS/c19-15-6-1-2-7-16(15)23-9-8-17(22)21-18-12-4-3-5-13(18)11-14(20)10-12/h1-2,6-7,12-14,18H,3-5,8-11,20H2,(H,21,22). The van der Waals surface area contributed by atoms with E-state index in [1.807, 2.05) is 24.3 Å². The van der Waals surface area contributed by atoms with E-state index in [2.05, 4.69) is 5.32 Å². The molecule has 0 spiro atoms. The smallest absolute Gasteiger partial charge is 0.221 e. The van der Waals surface area contributed by atoms with Crippen LogP contribution in [0.5, 0.6) is 0 Å². The number of amides is 1. The fraction of sp³-hybridized carbons (Fsp3) is 0.611. The van der Waals surface area contributed by atoms with Gasteiger partial charge in [0, 0.05) is 29.2 Å². The van der Waals surface area contributed by atoms with Crippen molar-refractivity contribution in [2.45, 2.75) is 55.5 Å². The minimum Gasteiger partial charge on any atom is -0.353 e. The second kappa shape index (κ2) is 7.91. The lowest BCUT2D eigenvalue weighted by Crippen LogP contribution is -2.53. The Morgan fingerprint density at radius 1 is 1.26 bits per heavy atom. The lowest BCUT2D eigenvalue weighted by atomic mass is 9.67. The van der Waals surface area contributed by atoms with Crippen LogP contribution in [0.4, 0.5) is 0 Å². The van der Waals surface area contributed by atoms with Crippen LogP contribution in [0.25, 0.3) is 0 Å². The lowest BCUT2D eigenvalue weighted by molar-refractivity contribution is -0.123. The zero-order valence-corrected chi connectivity index (χ0v) is 14.9. The summed E-state index contributed by atoms with van der Waals surface area (Å²) in [4.78, 5) is 13.4. The van der Waals surface area contributed by atoms with E-state index in [1.165, 1.54) is 19.3 Å². The molecule has 3 nitrogen and oxygen atoms in total. The number of hydrogen-bond donors (Lipinski definition) is 2. The molecule has 126 valence electrons. The highest BCUT2D eigenvalue weighted by Gasteiger charge is 2.39. The first-order valence-electron chi connectivity index (χ1n) is 8.55. The number of halogens is 1. The first kappa shape index (κ1) is 17.1. The molecule has 0 heterocycles. The van der Waals surface area contributed by atoms with Gasteiger partial charge in [0.05, 0.1) is 5.02 Å². The van der Waals surface area contributed by atoms with Crippen molar-refractivity contribution in [1.82, 2.24) is 5.32 Å². The highest BCUT2D eigenvalue weighted by molar-refractivity contribution is 7.99. The summed E-state index contributed by atoms with van der Waals surface area (Å²) in [7, 11) is 0. The summed E-state index contributed by atoms with van der Waals surface area (Å²) in [6.45, 7) is 0. The summed E-state index contributed by atoms with van der Waals surface area (Å²) in [6, 6.07) is 8.45. The van der Waals surface area contributed by atoms with E-state index in [1.54, 1.807) is 11.8 Å². The van der Waals surface area contributed by atoms with Crippen molar-refractivity contribution in [3.8, 4) is 0 Å². The maximum atomic E-state index is 12.3.